The monoisotopic (exact) mass is 310 g/mol. The van der Waals surface area contributed by atoms with Crippen LogP contribution in [-0.4, -0.2) is 26.2 Å². The van der Waals surface area contributed by atoms with Crippen molar-refractivity contribution in [3.63, 3.8) is 0 Å². The molecular weight excluding hydrogens is 292 g/mol. The van der Waals surface area contributed by atoms with E-state index in [1.807, 2.05) is 30.3 Å². The Morgan fingerprint density at radius 3 is 2.22 bits per heavy atom. The second kappa shape index (κ2) is 7.40. The summed E-state index contributed by atoms with van der Waals surface area (Å²) in [6.45, 7) is 3.71. The van der Waals surface area contributed by atoms with Gasteiger partial charge >= 0.3 is 11.9 Å². The Bertz CT molecular complexity index is 730. The predicted octanol–water partition coefficient (Wildman–Crippen LogP) is 3.66. The second-order valence-electron chi connectivity index (χ2n) is 4.90. The molecule has 0 amide bonds. The van der Waals surface area contributed by atoms with Gasteiger partial charge in [0, 0.05) is 0 Å². The Balaban J connectivity index is 2.59. The van der Waals surface area contributed by atoms with Crippen molar-refractivity contribution in [1.29, 1.82) is 0 Å². The first-order valence-electron chi connectivity index (χ1n) is 7.12. The summed E-state index contributed by atoms with van der Waals surface area (Å²) >= 11 is 0. The summed E-state index contributed by atoms with van der Waals surface area (Å²) < 4.78 is 9.59. The van der Waals surface area contributed by atoms with Gasteiger partial charge in [0.15, 0.2) is 0 Å². The number of ether oxygens (including phenoxy) is 2. The van der Waals surface area contributed by atoms with E-state index < -0.39 is 11.9 Å². The highest BCUT2D eigenvalue weighted by Gasteiger charge is 2.22. The molecule has 0 aliphatic rings. The first-order valence-corrected chi connectivity index (χ1v) is 7.12. The molecule has 2 aromatic rings. The van der Waals surface area contributed by atoms with E-state index in [9.17, 15) is 9.59 Å². The molecule has 4 nitrogen and oxygen atoms in total. The number of esters is 2. The first kappa shape index (κ1) is 16.5. The highest BCUT2D eigenvalue weighted by atomic mass is 16.5. The molecule has 4 heteroatoms. The molecule has 0 atom stereocenters. The van der Waals surface area contributed by atoms with Gasteiger partial charge in [-0.15, -0.1) is 6.58 Å². The summed E-state index contributed by atoms with van der Waals surface area (Å²) in [5, 5.41) is 0. The smallest absolute Gasteiger partial charge is 0.339 e. The van der Waals surface area contributed by atoms with Gasteiger partial charge in [-0.3, -0.25) is 0 Å². The lowest BCUT2D eigenvalue weighted by Crippen LogP contribution is -2.13. The molecule has 0 unspecified atom stereocenters. The van der Waals surface area contributed by atoms with E-state index in [4.69, 9.17) is 9.47 Å². The van der Waals surface area contributed by atoms with Crippen molar-refractivity contribution in [2.75, 3.05) is 14.2 Å². The van der Waals surface area contributed by atoms with Gasteiger partial charge < -0.3 is 9.47 Å². The zero-order valence-electron chi connectivity index (χ0n) is 13.2. The summed E-state index contributed by atoms with van der Waals surface area (Å²) in [4.78, 5) is 24.1. The second-order valence-corrected chi connectivity index (χ2v) is 4.90. The minimum Gasteiger partial charge on any atom is -0.465 e. The average Bonchev–Trinajstić information content (AvgIpc) is 2.60. The standard InChI is InChI=1S/C19H18O4/c1-4-6-13-9-11-14(12-10-13)15-7-5-8-16(18(20)22-2)17(15)19(21)23-3/h4-5,7-12H,1,6H2,2-3H3. The van der Waals surface area contributed by atoms with Crippen molar-refractivity contribution >= 4 is 11.9 Å². The molecule has 2 aromatic carbocycles. The van der Waals surface area contributed by atoms with Crippen LogP contribution in [0.2, 0.25) is 0 Å². The highest BCUT2D eigenvalue weighted by Crippen LogP contribution is 2.28. The maximum Gasteiger partial charge on any atom is 0.339 e. The lowest BCUT2D eigenvalue weighted by atomic mass is 9.94. The molecular formula is C19H18O4. The molecule has 0 heterocycles. The maximum atomic E-state index is 12.2. The lowest BCUT2D eigenvalue weighted by Gasteiger charge is -2.12. The van der Waals surface area contributed by atoms with Gasteiger partial charge in [0.1, 0.15) is 0 Å². The third-order valence-electron chi connectivity index (χ3n) is 3.50. The number of benzene rings is 2. The molecule has 0 fully saturated rings. The molecule has 0 saturated heterocycles. The van der Waals surface area contributed by atoms with E-state index in [-0.39, 0.29) is 11.1 Å². The molecule has 2 rings (SSSR count). The molecule has 0 spiro atoms. The Kier molecular flexibility index (Phi) is 5.31. The van der Waals surface area contributed by atoms with E-state index in [1.165, 1.54) is 14.2 Å². The minimum atomic E-state index is -0.574. The molecule has 0 aliphatic carbocycles. The van der Waals surface area contributed by atoms with Crippen LogP contribution in [0.3, 0.4) is 0 Å². The summed E-state index contributed by atoms with van der Waals surface area (Å²) in [5.41, 5.74) is 2.96. The van der Waals surface area contributed by atoms with Crippen LogP contribution in [0.1, 0.15) is 26.3 Å². The SMILES string of the molecule is C=CCc1ccc(-c2cccc(C(=O)OC)c2C(=O)OC)cc1. The van der Waals surface area contributed by atoms with Gasteiger partial charge in [-0.1, -0.05) is 42.5 Å². The average molecular weight is 310 g/mol. The quantitative estimate of drug-likeness (QED) is 0.625. The van der Waals surface area contributed by atoms with Crippen molar-refractivity contribution in [3.05, 3.63) is 71.8 Å². The van der Waals surface area contributed by atoms with E-state index >= 15 is 0 Å². The van der Waals surface area contributed by atoms with Gasteiger partial charge in [0.2, 0.25) is 0 Å². The van der Waals surface area contributed by atoms with Crippen LogP contribution in [0.15, 0.2) is 55.1 Å². The van der Waals surface area contributed by atoms with Crippen molar-refractivity contribution in [1.82, 2.24) is 0 Å². The molecule has 0 radical (unpaired) electrons. The predicted molar refractivity (Wildman–Crippen MR) is 88.5 cm³/mol. The van der Waals surface area contributed by atoms with Crippen molar-refractivity contribution in [2.45, 2.75) is 6.42 Å². The van der Waals surface area contributed by atoms with E-state index in [1.54, 1.807) is 18.2 Å². The normalized spacial score (nSPS) is 10.0. The molecule has 0 aliphatic heterocycles. The molecule has 0 aromatic heterocycles. The van der Waals surface area contributed by atoms with Gasteiger partial charge in [-0.2, -0.15) is 0 Å². The van der Waals surface area contributed by atoms with Gasteiger partial charge in [0.05, 0.1) is 25.3 Å². The van der Waals surface area contributed by atoms with Crippen LogP contribution in [-0.2, 0) is 15.9 Å². The van der Waals surface area contributed by atoms with Crippen LogP contribution < -0.4 is 0 Å². The highest BCUT2D eigenvalue weighted by molar-refractivity contribution is 6.07. The van der Waals surface area contributed by atoms with Crippen LogP contribution in [0.4, 0.5) is 0 Å². The molecule has 0 N–H and O–H groups in total. The fourth-order valence-corrected chi connectivity index (χ4v) is 2.38. The van der Waals surface area contributed by atoms with Gasteiger partial charge in [-0.05, 0) is 29.2 Å². The van der Waals surface area contributed by atoms with Crippen molar-refractivity contribution in [2.24, 2.45) is 0 Å². The third-order valence-corrected chi connectivity index (χ3v) is 3.50. The van der Waals surface area contributed by atoms with E-state index in [2.05, 4.69) is 6.58 Å². The number of rotatable bonds is 5. The number of hydrogen-bond donors (Lipinski definition) is 0. The number of carbonyl (C=O) groups excluding carboxylic acids is 2. The van der Waals surface area contributed by atoms with Crippen LogP contribution >= 0.6 is 0 Å². The largest absolute Gasteiger partial charge is 0.465 e. The summed E-state index contributed by atoms with van der Waals surface area (Å²) in [6.07, 6.45) is 2.60. The Hall–Kier alpha value is -2.88. The Morgan fingerprint density at radius 1 is 1.00 bits per heavy atom. The number of hydrogen-bond acceptors (Lipinski definition) is 4. The van der Waals surface area contributed by atoms with Crippen LogP contribution in [0, 0.1) is 0 Å². The molecule has 0 saturated carbocycles. The molecule has 23 heavy (non-hydrogen) atoms. The lowest BCUT2D eigenvalue weighted by molar-refractivity contribution is 0.0556. The van der Waals surface area contributed by atoms with Crippen molar-refractivity contribution < 1.29 is 19.1 Å². The summed E-state index contributed by atoms with van der Waals surface area (Å²) in [7, 11) is 2.56. The summed E-state index contributed by atoms with van der Waals surface area (Å²) in [6, 6.07) is 12.8. The number of methoxy groups -OCH3 is 2. The Morgan fingerprint density at radius 2 is 1.65 bits per heavy atom. The zero-order chi connectivity index (χ0) is 16.8. The van der Waals surface area contributed by atoms with E-state index in [0.717, 1.165) is 17.5 Å². The van der Waals surface area contributed by atoms with Crippen molar-refractivity contribution in [3.8, 4) is 11.1 Å². The van der Waals surface area contributed by atoms with Gasteiger partial charge in [0.25, 0.3) is 0 Å². The van der Waals surface area contributed by atoms with Crippen LogP contribution in [0.5, 0.6) is 0 Å². The topological polar surface area (TPSA) is 52.6 Å². The van der Waals surface area contributed by atoms with E-state index in [0.29, 0.717) is 5.56 Å². The maximum absolute atomic E-state index is 12.2. The fraction of sp³-hybridized carbons (Fsp3) is 0.158. The summed E-state index contributed by atoms with van der Waals surface area (Å²) in [5.74, 6) is -1.15. The number of allylic oxidation sites excluding steroid dienone is 1. The number of carbonyl (C=O) groups is 2. The minimum absolute atomic E-state index is 0.187. The third kappa shape index (κ3) is 3.48. The first-order chi connectivity index (χ1) is 11.1. The zero-order valence-corrected chi connectivity index (χ0v) is 13.2. The van der Waals surface area contributed by atoms with Crippen LogP contribution in [0.25, 0.3) is 11.1 Å². The fourth-order valence-electron chi connectivity index (χ4n) is 2.38. The molecule has 0 bridgehead atoms. The van der Waals surface area contributed by atoms with Gasteiger partial charge in [-0.25, -0.2) is 9.59 Å². The Labute approximate surface area is 135 Å². The molecule has 118 valence electrons.